The number of aromatic nitrogens is 3. The SMILES string of the molecule is CCSc1n[n+]2c(c(=O)[nH]1)-c1ccccc1N[C@@H]2c1ccc(OC)c(O)c1. The monoisotopic (exact) mass is 383 g/mol. The molecule has 1 aromatic heterocycles. The number of para-hydroxylation sites is 1. The first-order valence-electron chi connectivity index (χ1n) is 8.54. The third-order valence-corrected chi connectivity index (χ3v) is 5.13. The number of fused-ring (bicyclic) bond motifs is 3. The highest BCUT2D eigenvalue weighted by Crippen LogP contribution is 2.34. The maximum Gasteiger partial charge on any atom is 0.325 e. The number of methoxy groups -OCH3 is 1. The van der Waals surface area contributed by atoms with Crippen molar-refractivity contribution in [1.29, 1.82) is 0 Å². The number of aromatic hydroxyl groups is 1. The number of nitrogens with one attached hydrogen (secondary N) is 2. The van der Waals surface area contributed by atoms with Crippen LogP contribution < -0.4 is 20.3 Å². The average molecular weight is 383 g/mol. The summed E-state index contributed by atoms with van der Waals surface area (Å²) in [6.45, 7) is 2.00. The molecule has 0 fully saturated rings. The van der Waals surface area contributed by atoms with E-state index in [-0.39, 0.29) is 11.3 Å². The molecule has 7 nitrogen and oxygen atoms in total. The van der Waals surface area contributed by atoms with Gasteiger partial charge in [-0.1, -0.05) is 30.8 Å². The van der Waals surface area contributed by atoms with E-state index in [1.54, 1.807) is 16.8 Å². The molecule has 0 saturated carbocycles. The molecule has 0 unspecified atom stereocenters. The maximum atomic E-state index is 12.8. The Morgan fingerprint density at radius 2 is 2.11 bits per heavy atom. The van der Waals surface area contributed by atoms with Gasteiger partial charge in [0.15, 0.2) is 11.5 Å². The average Bonchev–Trinajstić information content (AvgIpc) is 2.67. The van der Waals surface area contributed by atoms with Crippen LogP contribution in [0.15, 0.2) is 52.4 Å². The van der Waals surface area contributed by atoms with Gasteiger partial charge < -0.3 is 15.2 Å². The quantitative estimate of drug-likeness (QED) is 0.474. The molecular formula is C19H19N4O3S+. The molecule has 0 radical (unpaired) electrons. The normalized spacial score (nSPS) is 14.8. The summed E-state index contributed by atoms with van der Waals surface area (Å²) in [7, 11) is 1.50. The van der Waals surface area contributed by atoms with Crippen LogP contribution in [-0.4, -0.2) is 28.1 Å². The van der Waals surface area contributed by atoms with E-state index in [4.69, 9.17) is 4.74 Å². The Labute approximate surface area is 160 Å². The summed E-state index contributed by atoms with van der Waals surface area (Å²) in [5, 5.41) is 18.8. The summed E-state index contributed by atoms with van der Waals surface area (Å²) in [5.74, 6) is 1.22. The van der Waals surface area contributed by atoms with Crippen LogP contribution in [0.1, 0.15) is 18.7 Å². The lowest BCUT2D eigenvalue weighted by Crippen LogP contribution is -2.55. The first-order valence-corrected chi connectivity index (χ1v) is 9.52. The van der Waals surface area contributed by atoms with Crippen LogP contribution >= 0.6 is 11.8 Å². The van der Waals surface area contributed by atoms with Gasteiger partial charge >= 0.3 is 11.3 Å². The highest BCUT2D eigenvalue weighted by Gasteiger charge is 2.37. The fraction of sp³-hybridized carbons (Fsp3) is 0.211. The summed E-state index contributed by atoms with van der Waals surface area (Å²) in [6, 6.07) is 12.8. The van der Waals surface area contributed by atoms with Crippen LogP contribution in [0.4, 0.5) is 5.69 Å². The Kier molecular flexibility index (Phi) is 4.49. The smallest absolute Gasteiger partial charge is 0.325 e. The Morgan fingerprint density at radius 3 is 2.85 bits per heavy atom. The second kappa shape index (κ2) is 6.96. The third kappa shape index (κ3) is 3.02. The zero-order chi connectivity index (χ0) is 19.0. The number of hydrogen-bond acceptors (Lipinski definition) is 6. The number of rotatable bonds is 4. The summed E-state index contributed by atoms with van der Waals surface area (Å²) < 4.78 is 6.81. The second-order valence-corrected chi connectivity index (χ2v) is 7.26. The van der Waals surface area contributed by atoms with Crippen molar-refractivity contribution in [1.82, 2.24) is 10.1 Å². The highest BCUT2D eigenvalue weighted by atomic mass is 32.2. The van der Waals surface area contributed by atoms with E-state index in [2.05, 4.69) is 15.4 Å². The molecule has 0 spiro atoms. The van der Waals surface area contributed by atoms with Gasteiger partial charge in [0.05, 0.1) is 18.4 Å². The topological polar surface area (TPSA) is 91.1 Å². The minimum Gasteiger partial charge on any atom is -0.504 e. The molecule has 0 bridgehead atoms. The predicted molar refractivity (Wildman–Crippen MR) is 103 cm³/mol. The van der Waals surface area contributed by atoms with Gasteiger partial charge in [-0.25, -0.2) is 0 Å². The molecule has 1 aliphatic rings. The van der Waals surface area contributed by atoms with Gasteiger partial charge in [0.25, 0.3) is 6.17 Å². The van der Waals surface area contributed by atoms with Gasteiger partial charge in [0.1, 0.15) is 0 Å². The number of H-pyrrole nitrogens is 1. The van der Waals surface area contributed by atoms with E-state index in [0.717, 1.165) is 22.6 Å². The van der Waals surface area contributed by atoms with Crippen LogP contribution in [-0.2, 0) is 0 Å². The van der Waals surface area contributed by atoms with Gasteiger partial charge in [-0.05, 0) is 40.8 Å². The molecule has 0 amide bonds. The molecular weight excluding hydrogens is 364 g/mol. The van der Waals surface area contributed by atoms with E-state index in [0.29, 0.717) is 16.6 Å². The molecule has 0 saturated heterocycles. The second-order valence-electron chi connectivity index (χ2n) is 6.01. The molecule has 2 aromatic carbocycles. The van der Waals surface area contributed by atoms with Crippen LogP contribution in [0, 0.1) is 0 Å². The van der Waals surface area contributed by atoms with E-state index in [1.807, 2.05) is 37.3 Å². The number of aromatic amines is 1. The number of benzene rings is 2. The maximum absolute atomic E-state index is 12.8. The number of hydrogen-bond donors (Lipinski definition) is 3. The number of phenolic OH excluding ortho intramolecular Hbond substituents is 1. The molecule has 2 heterocycles. The lowest BCUT2D eigenvalue weighted by Gasteiger charge is -2.22. The summed E-state index contributed by atoms with van der Waals surface area (Å²) in [5.41, 5.74) is 2.66. The van der Waals surface area contributed by atoms with Crippen molar-refractivity contribution < 1.29 is 14.5 Å². The minimum atomic E-state index is -0.440. The van der Waals surface area contributed by atoms with Crippen molar-refractivity contribution in [2.75, 3.05) is 18.2 Å². The molecule has 8 heteroatoms. The zero-order valence-electron chi connectivity index (χ0n) is 14.9. The largest absolute Gasteiger partial charge is 0.504 e. The lowest BCUT2D eigenvalue weighted by molar-refractivity contribution is -0.759. The third-order valence-electron chi connectivity index (χ3n) is 4.38. The van der Waals surface area contributed by atoms with Crippen molar-refractivity contribution in [2.24, 2.45) is 0 Å². The Balaban J connectivity index is 1.93. The number of nitrogens with zero attached hydrogens (tertiary/aromatic N) is 2. The molecule has 1 aliphatic heterocycles. The first-order chi connectivity index (χ1) is 13.1. The summed E-state index contributed by atoms with van der Waals surface area (Å²) in [4.78, 5) is 15.7. The number of anilines is 1. The van der Waals surface area contributed by atoms with Gasteiger partial charge in [-0.2, -0.15) is 0 Å². The zero-order valence-corrected chi connectivity index (χ0v) is 15.7. The minimum absolute atomic E-state index is 0.0332. The Hall–Kier alpha value is -3.00. The summed E-state index contributed by atoms with van der Waals surface area (Å²) in [6.07, 6.45) is -0.440. The highest BCUT2D eigenvalue weighted by molar-refractivity contribution is 7.99. The molecule has 4 rings (SSSR count). The standard InChI is InChI=1S/C19H18N4O3S/c1-3-27-19-21-18(25)16-12-6-4-5-7-13(12)20-17(23(16)22-19)11-8-9-15(26-2)14(24)10-11/h4-10,17H,3H2,1-2H3,(H2,21,22,24,25)/p+1/t17-/m0/s1. The fourth-order valence-corrected chi connectivity index (χ4v) is 3.78. The first kappa shape index (κ1) is 17.4. The van der Waals surface area contributed by atoms with E-state index in [9.17, 15) is 9.90 Å². The predicted octanol–water partition coefficient (Wildman–Crippen LogP) is 2.52. The van der Waals surface area contributed by atoms with Gasteiger partial charge in [0.2, 0.25) is 5.16 Å². The molecule has 27 heavy (non-hydrogen) atoms. The van der Waals surface area contributed by atoms with Crippen LogP contribution in [0.3, 0.4) is 0 Å². The number of ether oxygens (including phenoxy) is 1. The van der Waals surface area contributed by atoms with Crippen LogP contribution in [0.2, 0.25) is 0 Å². The number of phenols is 1. The van der Waals surface area contributed by atoms with Gasteiger partial charge in [-0.3, -0.25) is 9.78 Å². The van der Waals surface area contributed by atoms with E-state index in [1.165, 1.54) is 18.9 Å². The van der Waals surface area contributed by atoms with Crippen LogP contribution in [0.5, 0.6) is 11.5 Å². The van der Waals surface area contributed by atoms with E-state index < -0.39 is 6.17 Å². The van der Waals surface area contributed by atoms with E-state index >= 15 is 0 Å². The van der Waals surface area contributed by atoms with Crippen molar-refractivity contribution >= 4 is 17.4 Å². The van der Waals surface area contributed by atoms with Crippen molar-refractivity contribution in [3.05, 3.63) is 58.4 Å². The number of thioether (sulfide) groups is 1. The van der Waals surface area contributed by atoms with Crippen molar-refractivity contribution in [2.45, 2.75) is 18.2 Å². The fourth-order valence-electron chi connectivity index (χ4n) is 3.19. The Bertz CT molecular complexity index is 1070. The van der Waals surface area contributed by atoms with Crippen molar-refractivity contribution in [3.63, 3.8) is 0 Å². The summed E-state index contributed by atoms with van der Waals surface area (Å²) >= 11 is 1.47. The molecule has 138 valence electrons. The van der Waals surface area contributed by atoms with Gasteiger partial charge in [-0.15, -0.1) is 0 Å². The molecule has 0 aliphatic carbocycles. The lowest BCUT2D eigenvalue weighted by atomic mass is 10.0. The molecule has 3 N–H and O–H groups in total. The Morgan fingerprint density at radius 1 is 1.30 bits per heavy atom. The van der Waals surface area contributed by atoms with Gasteiger partial charge in [0, 0.05) is 10.7 Å². The molecule has 1 atom stereocenters. The molecule has 3 aromatic rings. The van der Waals surface area contributed by atoms with Crippen LogP contribution in [0.25, 0.3) is 11.3 Å². The van der Waals surface area contributed by atoms with Crippen molar-refractivity contribution in [3.8, 4) is 22.8 Å².